The lowest BCUT2D eigenvalue weighted by atomic mass is 9.42. The molecule has 0 bridgehead atoms. The van der Waals surface area contributed by atoms with Crippen molar-refractivity contribution in [2.45, 2.75) is 98.0 Å². The van der Waals surface area contributed by atoms with Crippen LogP contribution in [0.3, 0.4) is 0 Å². The Balaban J connectivity index is 1.55. The zero-order valence-electron chi connectivity index (χ0n) is 18.5. The van der Waals surface area contributed by atoms with Crippen molar-refractivity contribution in [3.05, 3.63) is 0 Å². The van der Waals surface area contributed by atoms with Crippen molar-refractivity contribution in [2.75, 3.05) is 0 Å². The molecule has 0 spiro atoms. The zero-order chi connectivity index (χ0) is 20.3. The summed E-state index contributed by atoms with van der Waals surface area (Å²) in [5.41, 5.74) is 0.843. The van der Waals surface area contributed by atoms with Crippen LogP contribution in [0.1, 0.15) is 91.9 Å². The minimum absolute atomic E-state index is 0.0679. The SMILES string of the molecule is CC1C[C@@H]2C[C@@H](O)CC[C@]2(C)C2CC[C@@]3(C)C(CCC3[C@H](C)CCC(=O)O)[C@H]12. The van der Waals surface area contributed by atoms with Gasteiger partial charge in [-0.25, -0.2) is 0 Å². The number of aliphatic carboxylic acids is 1. The van der Waals surface area contributed by atoms with Gasteiger partial charge in [0.1, 0.15) is 0 Å². The third kappa shape index (κ3) is 3.15. The van der Waals surface area contributed by atoms with E-state index in [9.17, 15) is 9.90 Å². The minimum Gasteiger partial charge on any atom is -0.481 e. The van der Waals surface area contributed by atoms with E-state index in [0.29, 0.717) is 35.0 Å². The molecule has 0 radical (unpaired) electrons. The van der Waals surface area contributed by atoms with Crippen LogP contribution in [0.15, 0.2) is 0 Å². The van der Waals surface area contributed by atoms with E-state index < -0.39 is 5.97 Å². The molecule has 0 amide bonds. The summed E-state index contributed by atoms with van der Waals surface area (Å²) in [5.74, 6) is 4.55. The van der Waals surface area contributed by atoms with Gasteiger partial charge >= 0.3 is 5.97 Å². The number of carbonyl (C=O) groups is 1. The Labute approximate surface area is 171 Å². The van der Waals surface area contributed by atoms with Gasteiger partial charge in [-0.15, -0.1) is 0 Å². The molecule has 4 saturated carbocycles. The maximum Gasteiger partial charge on any atom is 0.303 e. The van der Waals surface area contributed by atoms with E-state index >= 15 is 0 Å². The summed E-state index contributed by atoms with van der Waals surface area (Å²) in [7, 11) is 0. The Morgan fingerprint density at radius 3 is 2.43 bits per heavy atom. The average molecular weight is 391 g/mol. The summed E-state index contributed by atoms with van der Waals surface area (Å²) in [6.07, 6.45) is 11.0. The molecule has 160 valence electrons. The highest BCUT2D eigenvalue weighted by atomic mass is 16.4. The van der Waals surface area contributed by atoms with Crippen LogP contribution in [0.25, 0.3) is 0 Å². The van der Waals surface area contributed by atoms with Crippen molar-refractivity contribution in [1.29, 1.82) is 0 Å². The van der Waals surface area contributed by atoms with Gasteiger partial charge in [0.2, 0.25) is 0 Å². The molecule has 4 fully saturated rings. The molecule has 0 aromatic heterocycles. The standard InChI is InChI=1S/C25H42O3/c1-15(5-8-22(27)28)19-6-7-20-23-16(2)13-17-14-18(26)9-11-24(17,3)21(23)10-12-25(19,20)4/h15-21,23,26H,5-14H2,1-4H3,(H,27,28)/t15-,16?,17-,18+,19?,20?,21?,23+,24+,25-/m1/s1. The number of hydrogen-bond acceptors (Lipinski definition) is 2. The molecule has 4 rings (SSSR count). The van der Waals surface area contributed by atoms with E-state index in [-0.39, 0.29) is 6.10 Å². The third-order valence-corrected chi connectivity index (χ3v) is 10.6. The Kier molecular flexibility index (Phi) is 5.39. The van der Waals surface area contributed by atoms with Gasteiger partial charge in [-0.1, -0.05) is 27.7 Å². The molecule has 0 heterocycles. The Hall–Kier alpha value is -0.570. The summed E-state index contributed by atoms with van der Waals surface area (Å²) in [5, 5.41) is 19.4. The molecule has 3 heteroatoms. The van der Waals surface area contributed by atoms with E-state index in [1.165, 1.54) is 38.5 Å². The van der Waals surface area contributed by atoms with Gasteiger partial charge < -0.3 is 10.2 Å². The summed E-state index contributed by atoms with van der Waals surface area (Å²) in [6, 6.07) is 0. The van der Waals surface area contributed by atoms with E-state index in [2.05, 4.69) is 27.7 Å². The predicted octanol–water partition coefficient (Wildman–Crippen LogP) is 5.75. The smallest absolute Gasteiger partial charge is 0.303 e. The first-order valence-corrected chi connectivity index (χ1v) is 12.1. The zero-order valence-corrected chi connectivity index (χ0v) is 18.5. The number of aliphatic hydroxyl groups excluding tert-OH is 1. The van der Waals surface area contributed by atoms with E-state index in [1.807, 2.05) is 0 Å². The number of carboxylic acids is 1. The van der Waals surface area contributed by atoms with Gasteiger partial charge in [0, 0.05) is 6.42 Å². The minimum atomic E-state index is -0.644. The fourth-order valence-electron chi connectivity index (χ4n) is 9.14. The summed E-state index contributed by atoms with van der Waals surface area (Å²) >= 11 is 0. The highest BCUT2D eigenvalue weighted by Gasteiger charge is 2.62. The van der Waals surface area contributed by atoms with Gasteiger partial charge in [0.05, 0.1) is 6.10 Å². The molecule has 2 N–H and O–H groups in total. The molecule has 3 nitrogen and oxygen atoms in total. The van der Waals surface area contributed by atoms with Crippen molar-refractivity contribution >= 4 is 5.97 Å². The number of fused-ring (bicyclic) bond motifs is 5. The largest absolute Gasteiger partial charge is 0.481 e. The molecular formula is C25H42O3. The summed E-state index contributed by atoms with van der Waals surface area (Å²) in [4.78, 5) is 11.1. The summed E-state index contributed by atoms with van der Waals surface area (Å²) < 4.78 is 0. The van der Waals surface area contributed by atoms with Gasteiger partial charge in [0.15, 0.2) is 0 Å². The van der Waals surface area contributed by atoms with E-state index in [0.717, 1.165) is 42.9 Å². The monoisotopic (exact) mass is 390 g/mol. The number of hydrogen-bond donors (Lipinski definition) is 2. The molecule has 0 aliphatic heterocycles. The molecule has 28 heavy (non-hydrogen) atoms. The lowest BCUT2D eigenvalue weighted by Crippen LogP contribution is -2.56. The normalized spacial score (nSPS) is 51.7. The van der Waals surface area contributed by atoms with Crippen LogP contribution in [0, 0.1) is 52.3 Å². The maximum absolute atomic E-state index is 11.1. The second-order valence-corrected chi connectivity index (χ2v) is 11.8. The molecule has 4 unspecified atom stereocenters. The lowest BCUT2D eigenvalue weighted by Gasteiger charge is -2.63. The first-order chi connectivity index (χ1) is 13.2. The van der Waals surface area contributed by atoms with Gasteiger partial charge in [-0.05, 0) is 110 Å². The highest BCUT2D eigenvalue weighted by Crippen LogP contribution is 2.69. The Bertz CT molecular complexity index is 603. The van der Waals surface area contributed by atoms with Crippen molar-refractivity contribution in [1.82, 2.24) is 0 Å². The number of carboxylic acid groups (broad SMARTS) is 1. The second kappa shape index (κ2) is 7.29. The van der Waals surface area contributed by atoms with Crippen LogP contribution < -0.4 is 0 Å². The first-order valence-electron chi connectivity index (χ1n) is 12.1. The molecule has 0 aromatic carbocycles. The van der Waals surface area contributed by atoms with Crippen molar-refractivity contribution in [3.63, 3.8) is 0 Å². The Morgan fingerprint density at radius 2 is 1.71 bits per heavy atom. The van der Waals surface area contributed by atoms with Crippen molar-refractivity contribution in [2.24, 2.45) is 52.3 Å². The molecule has 4 aliphatic carbocycles. The molecular weight excluding hydrogens is 348 g/mol. The van der Waals surface area contributed by atoms with E-state index in [1.54, 1.807) is 0 Å². The maximum atomic E-state index is 11.1. The van der Waals surface area contributed by atoms with Crippen LogP contribution in [-0.4, -0.2) is 22.3 Å². The Morgan fingerprint density at radius 1 is 1.04 bits per heavy atom. The van der Waals surface area contributed by atoms with Gasteiger partial charge in [0.25, 0.3) is 0 Å². The van der Waals surface area contributed by atoms with E-state index in [4.69, 9.17) is 5.11 Å². The van der Waals surface area contributed by atoms with Crippen molar-refractivity contribution in [3.8, 4) is 0 Å². The van der Waals surface area contributed by atoms with Crippen LogP contribution >= 0.6 is 0 Å². The average Bonchev–Trinajstić information content (AvgIpc) is 2.98. The van der Waals surface area contributed by atoms with Gasteiger partial charge in [-0.3, -0.25) is 4.79 Å². The molecule has 0 aromatic rings. The van der Waals surface area contributed by atoms with Gasteiger partial charge in [-0.2, -0.15) is 0 Å². The predicted molar refractivity (Wildman–Crippen MR) is 112 cm³/mol. The first kappa shape index (κ1) is 20.7. The topological polar surface area (TPSA) is 57.5 Å². The van der Waals surface area contributed by atoms with Crippen LogP contribution in [0.5, 0.6) is 0 Å². The van der Waals surface area contributed by atoms with Crippen LogP contribution in [0.4, 0.5) is 0 Å². The van der Waals surface area contributed by atoms with Crippen LogP contribution in [-0.2, 0) is 4.79 Å². The highest BCUT2D eigenvalue weighted by molar-refractivity contribution is 5.66. The number of rotatable bonds is 4. The third-order valence-electron chi connectivity index (χ3n) is 10.6. The quantitative estimate of drug-likeness (QED) is 0.642. The second-order valence-electron chi connectivity index (χ2n) is 11.8. The fraction of sp³-hybridized carbons (Fsp3) is 0.960. The molecule has 10 atom stereocenters. The lowest BCUT2D eigenvalue weighted by molar-refractivity contribution is -0.150. The van der Waals surface area contributed by atoms with Crippen molar-refractivity contribution < 1.29 is 15.0 Å². The van der Waals surface area contributed by atoms with Crippen LogP contribution in [0.2, 0.25) is 0 Å². The number of aliphatic hydroxyl groups is 1. The fourth-order valence-corrected chi connectivity index (χ4v) is 9.14. The molecule has 0 saturated heterocycles. The molecule has 4 aliphatic rings. The summed E-state index contributed by atoms with van der Waals surface area (Å²) in [6.45, 7) is 9.95.